The smallest absolute Gasteiger partial charge is 0.307 e. The van der Waals surface area contributed by atoms with Crippen molar-refractivity contribution in [2.24, 2.45) is 0 Å². The van der Waals surface area contributed by atoms with Gasteiger partial charge in [0, 0.05) is 12.6 Å². The van der Waals surface area contributed by atoms with Gasteiger partial charge in [0.1, 0.15) is 18.9 Å². The predicted molar refractivity (Wildman–Crippen MR) is 122 cm³/mol. The Kier molecular flexibility index (Phi) is 7.67. The maximum absolute atomic E-state index is 13.3. The Hall–Kier alpha value is -3.86. The zero-order chi connectivity index (χ0) is 24.0. The fraction of sp³-hybridized carbons (Fsp3) is 0.360. The molecule has 0 bridgehead atoms. The van der Waals surface area contributed by atoms with E-state index in [4.69, 9.17) is 14.7 Å². The summed E-state index contributed by atoms with van der Waals surface area (Å²) in [7, 11) is 0. The van der Waals surface area contributed by atoms with Crippen molar-refractivity contribution < 1.29 is 23.9 Å². The Balaban J connectivity index is 1.87. The van der Waals surface area contributed by atoms with Crippen LogP contribution in [0.4, 0.5) is 5.69 Å². The first-order valence-electron chi connectivity index (χ1n) is 10.9. The molecule has 3 rings (SSSR count). The highest BCUT2D eigenvalue weighted by molar-refractivity contribution is 6.10. The van der Waals surface area contributed by atoms with Gasteiger partial charge in [-0.2, -0.15) is 5.26 Å². The van der Waals surface area contributed by atoms with E-state index in [0.717, 1.165) is 5.56 Å². The van der Waals surface area contributed by atoms with Crippen molar-refractivity contribution in [1.29, 1.82) is 5.26 Å². The number of amides is 2. The number of hydrogen-bond donors (Lipinski definition) is 0. The number of nitriles is 1. The van der Waals surface area contributed by atoms with Crippen molar-refractivity contribution >= 4 is 23.5 Å². The monoisotopic (exact) mass is 449 g/mol. The van der Waals surface area contributed by atoms with E-state index in [1.807, 2.05) is 19.9 Å². The minimum atomic E-state index is -0.417. The average molecular weight is 450 g/mol. The molecule has 0 aliphatic carbocycles. The van der Waals surface area contributed by atoms with Gasteiger partial charge in [0.2, 0.25) is 5.91 Å². The highest BCUT2D eigenvalue weighted by Gasteiger charge is 2.33. The van der Waals surface area contributed by atoms with E-state index in [0.29, 0.717) is 22.6 Å². The van der Waals surface area contributed by atoms with Crippen LogP contribution in [0.5, 0.6) is 5.75 Å². The quantitative estimate of drug-likeness (QED) is 0.574. The SMILES string of the molecule is CCOC(=O)CCN1CC(=O)N(C(C)C)c2ccc(OCc3cccc(C#N)c3)cc2C1=O. The Labute approximate surface area is 193 Å². The summed E-state index contributed by atoms with van der Waals surface area (Å²) in [4.78, 5) is 41.1. The molecule has 0 saturated carbocycles. The molecule has 0 N–H and O–H groups in total. The summed E-state index contributed by atoms with van der Waals surface area (Å²) in [6.07, 6.45) is 0.00922. The third kappa shape index (κ3) is 5.69. The average Bonchev–Trinajstić information content (AvgIpc) is 2.90. The Morgan fingerprint density at radius 1 is 1.18 bits per heavy atom. The maximum atomic E-state index is 13.3. The number of anilines is 1. The highest BCUT2D eigenvalue weighted by Crippen LogP contribution is 2.31. The number of hydrogen-bond acceptors (Lipinski definition) is 6. The topological polar surface area (TPSA) is 99.9 Å². The summed E-state index contributed by atoms with van der Waals surface area (Å²) in [5.41, 5.74) is 2.21. The van der Waals surface area contributed by atoms with Crippen molar-refractivity contribution in [2.75, 3.05) is 24.6 Å². The van der Waals surface area contributed by atoms with Crippen LogP contribution >= 0.6 is 0 Å². The highest BCUT2D eigenvalue weighted by atomic mass is 16.5. The van der Waals surface area contributed by atoms with Crippen LogP contribution in [-0.4, -0.2) is 48.4 Å². The Bertz CT molecular complexity index is 1090. The lowest BCUT2D eigenvalue weighted by Gasteiger charge is -2.26. The van der Waals surface area contributed by atoms with Gasteiger partial charge in [-0.05, 0) is 56.7 Å². The number of fused-ring (bicyclic) bond motifs is 1. The lowest BCUT2D eigenvalue weighted by molar-refractivity contribution is -0.143. The van der Waals surface area contributed by atoms with Gasteiger partial charge in [0.15, 0.2) is 0 Å². The van der Waals surface area contributed by atoms with Crippen molar-refractivity contribution in [1.82, 2.24) is 4.90 Å². The summed E-state index contributed by atoms with van der Waals surface area (Å²) in [6, 6.07) is 14.1. The molecule has 0 saturated heterocycles. The van der Waals surface area contributed by atoms with E-state index in [1.54, 1.807) is 48.2 Å². The number of benzene rings is 2. The normalized spacial score (nSPS) is 13.4. The van der Waals surface area contributed by atoms with Crippen LogP contribution in [-0.2, 0) is 20.9 Å². The summed E-state index contributed by atoms with van der Waals surface area (Å²) >= 11 is 0. The van der Waals surface area contributed by atoms with E-state index in [1.165, 1.54) is 4.90 Å². The molecule has 0 fully saturated rings. The molecule has 2 aromatic rings. The molecular weight excluding hydrogens is 422 g/mol. The molecule has 0 atom stereocenters. The molecule has 0 aromatic heterocycles. The zero-order valence-corrected chi connectivity index (χ0v) is 19.0. The summed E-state index contributed by atoms with van der Waals surface area (Å²) in [5, 5.41) is 9.07. The van der Waals surface area contributed by atoms with E-state index in [2.05, 4.69) is 6.07 Å². The lowest BCUT2D eigenvalue weighted by Crippen LogP contribution is -2.43. The van der Waals surface area contributed by atoms with Gasteiger partial charge in [0.25, 0.3) is 5.91 Å². The second kappa shape index (κ2) is 10.6. The van der Waals surface area contributed by atoms with E-state index < -0.39 is 5.97 Å². The Morgan fingerprint density at radius 2 is 1.97 bits per heavy atom. The third-order valence-corrected chi connectivity index (χ3v) is 5.21. The van der Waals surface area contributed by atoms with Gasteiger partial charge >= 0.3 is 5.97 Å². The lowest BCUT2D eigenvalue weighted by atomic mass is 10.1. The van der Waals surface area contributed by atoms with Gasteiger partial charge in [0.05, 0.1) is 35.9 Å². The van der Waals surface area contributed by atoms with Crippen LogP contribution in [0.1, 0.15) is 48.7 Å². The van der Waals surface area contributed by atoms with E-state index >= 15 is 0 Å². The number of carbonyl (C=O) groups is 3. The molecular formula is C25H27N3O5. The molecule has 2 aromatic carbocycles. The summed E-state index contributed by atoms with van der Waals surface area (Å²) < 4.78 is 10.8. The molecule has 1 aliphatic rings. The first kappa shape index (κ1) is 23.8. The summed E-state index contributed by atoms with van der Waals surface area (Å²) in [5.74, 6) is -0.516. The van der Waals surface area contributed by atoms with Gasteiger partial charge < -0.3 is 19.3 Å². The van der Waals surface area contributed by atoms with Crippen molar-refractivity contribution in [3.63, 3.8) is 0 Å². The van der Waals surface area contributed by atoms with Crippen molar-refractivity contribution in [3.8, 4) is 11.8 Å². The standard InChI is InChI=1S/C25H27N3O5/c1-4-32-24(30)10-11-27-15-23(29)28(17(2)3)22-9-8-20(13-21(22)25(27)31)33-16-19-7-5-6-18(12-19)14-26/h5-9,12-13,17H,4,10-11,15-16H2,1-3H3. The van der Waals surface area contributed by atoms with Gasteiger partial charge in [-0.25, -0.2) is 0 Å². The largest absolute Gasteiger partial charge is 0.489 e. The number of esters is 1. The minimum absolute atomic E-state index is 0.00922. The predicted octanol–water partition coefficient (Wildman–Crippen LogP) is 3.29. The molecule has 8 nitrogen and oxygen atoms in total. The molecule has 172 valence electrons. The van der Waals surface area contributed by atoms with Gasteiger partial charge in [-0.1, -0.05) is 12.1 Å². The van der Waals surface area contributed by atoms with Crippen LogP contribution in [0.2, 0.25) is 0 Å². The fourth-order valence-corrected chi connectivity index (χ4v) is 3.71. The molecule has 33 heavy (non-hydrogen) atoms. The number of nitrogens with zero attached hydrogens (tertiary/aromatic N) is 3. The first-order valence-corrected chi connectivity index (χ1v) is 10.9. The van der Waals surface area contributed by atoms with Crippen molar-refractivity contribution in [2.45, 2.75) is 39.8 Å². The van der Waals surface area contributed by atoms with Crippen LogP contribution in [0.3, 0.4) is 0 Å². The van der Waals surface area contributed by atoms with E-state index in [9.17, 15) is 14.4 Å². The molecule has 8 heteroatoms. The van der Waals surface area contributed by atoms with E-state index in [-0.39, 0.29) is 50.6 Å². The van der Waals surface area contributed by atoms with Crippen LogP contribution in [0, 0.1) is 11.3 Å². The number of carbonyl (C=O) groups excluding carboxylic acids is 3. The number of ether oxygens (including phenoxy) is 2. The summed E-state index contributed by atoms with van der Waals surface area (Å²) in [6.45, 7) is 5.92. The van der Waals surface area contributed by atoms with Gasteiger partial charge in [-0.15, -0.1) is 0 Å². The number of rotatable bonds is 8. The molecule has 0 spiro atoms. The first-order chi connectivity index (χ1) is 15.8. The third-order valence-electron chi connectivity index (χ3n) is 5.21. The minimum Gasteiger partial charge on any atom is -0.489 e. The fourth-order valence-electron chi connectivity index (χ4n) is 3.71. The molecule has 1 heterocycles. The van der Waals surface area contributed by atoms with Crippen LogP contribution < -0.4 is 9.64 Å². The Morgan fingerprint density at radius 3 is 2.67 bits per heavy atom. The molecule has 2 amide bonds. The molecule has 0 unspecified atom stereocenters. The molecule has 0 radical (unpaired) electrons. The molecule has 1 aliphatic heterocycles. The maximum Gasteiger partial charge on any atom is 0.307 e. The van der Waals surface area contributed by atoms with Crippen LogP contribution in [0.25, 0.3) is 0 Å². The second-order valence-electron chi connectivity index (χ2n) is 7.92. The zero-order valence-electron chi connectivity index (χ0n) is 19.0. The van der Waals surface area contributed by atoms with Crippen LogP contribution in [0.15, 0.2) is 42.5 Å². The second-order valence-corrected chi connectivity index (χ2v) is 7.92. The van der Waals surface area contributed by atoms with Gasteiger partial charge in [-0.3, -0.25) is 14.4 Å². The van der Waals surface area contributed by atoms with Crippen molar-refractivity contribution in [3.05, 3.63) is 59.2 Å².